The first-order valence-electron chi connectivity index (χ1n) is 10.4. The van der Waals surface area contributed by atoms with Gasteiger partial charge in [0.15, 0.2) is 6.61 Å². The molecule has 5 rings (SSSR count). The van der Waals surface area contributed by atoms with E-state index in [4.69, 9.17) is 9.84 Å². The second-order valence-electron chi connectivity index (χ2n) is 7.99. The number of hydrogen-bond donors (Lipinski definition) is 1. The van der Waals surface area contributed by atoms with Crippen LogP contribution in [-0.4, -0.2) is 29.9 Å². The van der Waals surface area contributed by atoms with Crippen LogP contribution >= 0.6 is 11.3 Å². The molecule has 1 aliphatic carbocycles. The number of rotatable bonds is 2. The van der Waals surface area contributed by atoms with Gasteiger partial charge in [0.25, 0.3) is 5.91 Å². The van der Waals surface area contributed by atoms with E-state index < -0.39 is 0 Å². The van der Waals surface area contributed by atoms with Gasteiger partial charge in [0, 0.05) is 23.6 Å². The summed E-state index contributed by atoms with van der Waals surface area (Å²) in [5, 5.41) is 10.1. The molecular formula is C24H24N4O2S. The van der Waals surface area contributed by atoms with Crippen molar-refractivity contribution in [2.45, 2.75) is 33.1 Å². The SMILES string of the molecule is CN=c1scc(-c2ccc3c(c2)NC(=O)CO3)n1N=C1CCCc2c(C)cc(C)cc21. The average molecular weight is 433 g/mol. The molecule has 0 spiro atoms. The van der Waals surface area contributed by atoms with Crippen LogP contribution in [0.25, 0.3) is 11.3 Å². The summed E-state index contributed by atoms with van der Waals surface area (Å²) in [6.07, 6.45) is 3.13. The topological polar surface area (TPSA) is 68.0 Å². The number of ether oxygens (including phenoxy) is 1. The Labute approximate surface area is 184 Å². The Morgan fingerprint density at radius 1 is 1.16 bits per heavy atom. The van der Waals surface area contributed by atoms with Crippen LogP contribution in [0.3, 0.4) is 0 Å². The molecule has 6 nitrogen and oxygen atoms in total. The van der Waals surface area contributed by atoms with Crippen molar-refractivity contribution < 1.29 is 9.53 Å². The highest BCUT2D eigenvalue weighted by molar-refractivity contribution is 7.07. The molecule has 3 aromatic rings. The zero-order chi connectivity index (χ0) is 21.5. The fourth-order valence-corrected chi connectivity index (χ4v) is 5.16. The van der Waals surface area contributed by atoms with Crippen molar-refractivity contribution in [3.05, 3.63) is 62.8 Å². The van der Waals surface area contributed by atoms with E-state index >= 15 is 0 Å². The predicted octanol–water partition coefficient (Wildman–Crippen LogP) is 4.28. The third-order valence-corrected chi connectivity index (χ3v) is 6.68. The highest BCUT2D eigenvalue weighted by atomic mass is 32.1. The molecule has 0 radical (unpaired) electrons. The van der Waals surface area contributed by atoms with E-state index in [1.165, 1.54) is 22.3 Å². The number of thiazole rings is 1. The van der Waals surface area contributed by atoms with Crippen LogP contribution in [0.4, 0.5) is 5.69 Å². The zero-order valence-corrected chi connectivity index (χ0v) is 18.7. The quantitative estimate of drug-likeness (QED) is 0.657. The minimum absolute atomic E-state index is 0.0511. The minimum atomic E-state index is -0.142. The van der Waals surface area contributed by atoms with Gasteiger partial charge in [-0.05, 0) is 68.5 Å². The Kier molecular flexibility index (Phi) is 4.98. The number of fused-ring (bicyclic) bond motifs is 2. The summed E-state index contributed by atoms with van der Waals surface area (Å²) in [5.41, 5.74) is 8.92. The van der Waals surface area contributed by atoms with E-state index in [-0.39, 0.29) is 12.5 Å². The normalized spacial score (nSPS) is 17.2. The predicted molar refractivity (Wildman–Crippen MR) is 124 cm³/mol. The van der Waals surface area contributed by atoms with Crippen LogP contribution in [0.2, 0.25) is 0 Å². The van der Waals surface area contributed by atoms with Crippen molar-refractivity contribution in [3.63, 3.8) is 0 Å². The first kappa shape index (κ1) is 19.8. The number of amides is 1. The van der Waals surface area contributed by atoms with Crippen LogP contribution in [0.5, 0.6) is 5.75 Å². The van der Waals surface area contributed by atoms with Gasteiger partial charge in [-0.2, -0.15) is 5.10 Å². The zero-order valence-electron chi connectivity index (χ0n) is 17.9. The van der Waals surface area contributed by atoms with E-state index in [0.717, 1.165) is 41.0 Å². The summed E-state index contributed by atoms with van der Waals surface area (Å²) < 4.78 is 7.43. The fourth-order valence-electron chi connectivity index (χ4n) is 4.37. The maximum absolute atomic E-state index is 11.7. The minimum Gasteiger partial charge on any atom is -0.482 e. The molecular weight excluding hydrogens is 408 g/mol. The molecule has 0 saturated heterocycles. The molecule has 0 bridgehead atoms. The summed E-state index contributed by atoms with van der Waals surface area (Å²) in [4.78, 5) is 17.0. The van der Waals surface area contributed by atoms with Gasteiger partial charge in [0.1, 0.15) is 5.75 Å². The Bertz CT molecular complexity index is 1300. The van der Waals surface area contributed by atoms with Crippen LogP contribution in [0.1, 0.15) is 35.1 Å². The van der Waals surface area contributed by atoms with Crippen molar-refractivity contribution in [3.8, 4) is 17.0 Å². The van der Waals surface area contributed by atoms with E-state index in [1.807, 2.05) is 22.9 Å². The molecule has 1 amide bonds. The lowest BCUT2D eigenvalue weighted by molar-refractivity contribution is -0.118. The van der Waals surface area contributed by atoms with Crippen molar-refractivity contribution in [1.29, 1.82) is 0 Å². The van der Waals surface area contributed by atoms with Crippen LogP contribution in [0.15, 0.2) is 45.8 Å². The molecule has 0 fully saturated rings. The number of anilines is 1. The number of hydrogen-bond acceptors (Lipinski definition) is 5. The molecule has 31 heavy (non-hydrogen) atoms. The lowest BCUT2D eigenvalue weighted by Gasteiger charge is -2.21. The second kappa shape index (κ2) is 7.81. The van der Waals surface area contributed by atoms with Gasteiger partial charge in [0.2, 0.25) is 4.80 Å². The standard InChI is InChI=1S/C24H24N4O2S/c1-14-9-15(2)17-5-4-6-19(18(17)10-14)27-28-21(13-31-24(28)25-3)16-7-8-22-20(11-16)26-23(29)12-30-22/h7-11,13H,4-6,12H2,1-3H3,(H,26,29). The maximum atomic E-state index is 11.7. The average Bonchev–Trinajstić information content (AvgIpc) is 3.16. The molecule has 2 aromatic carbocycles. The number of aryl methyl sites for hydroxylation is 2. The van der Waals surface area contributed by atoms with Gasteiger partial charge in [-0.15, -0.1) is 11.3 Å². The smallest absolute Gasteiger partial charge is 0.262 e. The van der Waals surface area contributed by atoms with Crippen LogP contribution in [0, 0.1) is 13.8 Å². The summed E-state index contributed by atoms with van der Waals surface area (Å²) in [6, 6.07) is 10.3. The molecule has 1 N–H and O–H groups in total. The number of aromatic nitrogens is 1. The lowest BCUT2D eigenvalue weighted by Crippen LogP contribution is -2.25. The second-order valence-corrected chi connectivity index (χ2v) is 8.83. The van der Waals surface area contributed by atoms with Crippen LogP contribution in [-0.2, 0) is 11.2 Å². The highest BCUT2D eigenvalue weighted by Gasteiger charge is 2.20. The number of carbonyl (C=O) groups is 1. The molecule has 1 aromatic heterocycles. The molecule has 7 heteroatoms. The van der Waals surface area contributed by atoms with Gasteiger partial charge in [-0.3, -0.25) is 9.79 Å². The third kappa shape index (κ3) is 3.59. The third-order valence-electron chi connectivity index (χ3n) is 5.77. The Morgan fingerprint density at radius 3 is 2.87 bits per heavy atom. The number of benzene rings is 2. The van der Waals surface area contributed by atoms with Crippen molar-refractivity contribution in [1.82, 2.24) is 4.68 Å². The summed E-state index contributed by atoms with van der Waals surface area (Å²) in [7, 11) is 1.79. The first-order chi connectivity index (χ1) is 15.0. The van der Waals surface area contributed by atoms with Gasteiger partial charge in [-0.25, -0.2) is 4.68 Å². The molecule has 0 atom stereocenters. The number of nitrogens with zero attached hydrogens (tertiary/aromatic N) is 3. The molecule has 2 aliphatic rings. The molecule has 2 heterocycles. The Morgan fingerprint density at radius 2 is 2.03 bits per heavy atom. The van der Waals surface area contributed by atoms with E-state index in [2.05, 4.69) is 41.7 Å². The van der Waals surface area contributed by atoms with Crippen LogP contribution < -0.4 is 14.9 Å². The monoisotopic (exact) mass is 432 g/mol. The van der Waals surface area contributed by atoms with E-state index in [1.54, 1.807) is 18.4 Å². The van der Waals surface area contributed by atoms with E-state index in [9.17, 15) is 4.79 Å². The fraction of sp³-hybridized carbons (Fsp3) is 0.292. The van der Waals surface area contributed by atoms with Gasteiger partial charge < -0.3 is 10.1 Å². The van der Waals surface area contributed by atoms with Crippen molar-refractivity contribution in [2.24, 2.45) is 10.1 Å². The molecule has 0 saturated carbocycles. The summed E-state index contributed by atoms with van der Waals surface area (Å²) >= 11 is 1.56. The van der Waals surface area contributed by atoms with Crippen molar-refractivity contribution >= 4 is 28.6 Å². The highest BCUT2D eigenvalue weighted by Crippen LogP contribution is 2.33. The van der Waals surface area contributed by atoms with Crippen molar-refractivity contribution in [2.75, 3.05) is 19.0 Å². The molecule has 158 valence electrons. The van der Waals surface area contributed by atoms with E-state index in [0.29, 0.717) is 11.4 Å². The van der Waals surface area contributed by atoms with Gasteiger partial charge in [-0.1, -0.05) is 11.6 Å². The van der Waals surface area contributed by atoms with Gasteiger partial charge in [0.05, 0.1) is 17.1 Å². The molecule has 0 unspecified atom stereocenters. The number of carbonyl (C=O) groups excluding carboxylic acids is 1. The summed E-state index contributed by atoms with van der Waals surface area (Å²) in [6.45, 7) is 4.38. The Balaban J connectivity index is 1.64. The van der Waals surface area contributed by atoms with Gasteiger partial charge >= 0.3 is 0 Å². The Hall–Kier alpha value is -3.19. The lowest BCUT2D eigenvalue weighted by atomic mass is 9.86. The summed E-state index contributed by atoms with van der Waals surface area (Å²) in [5.74, 6) is 0.542. The molecule has 1 aliphatic heterocycles. The maximum Gasteiger partial charge on any atom is 0.262 e. The first-order valence-corrected chi connectivity index (χ1v) is 11.3. The largest absolute Gasteiger partial charge is 0.482 e. The number of nitrogens with one attached hydrogen (secondary N) is 1.